The lowest BCUT2D eigenvalue weighted by atomic mass is 10.0. The summed E-state index contributed by atoms with van der Waals surface area (Å²) in [6.07, 6.45) is 0.300. The van der Waals surface area contributed by atoms with Crippen molar-refractivity contribution in [2.75, 3.05) is 14.1 Å². The first-order valence-electron chi connectivity index (χ1n) is 5.30. The lowest BCUT2D eigenvalue weighted by Crippen LogP contribution is -2.46. The van der Waals surface area contributed by atoms with Crippen molar-refractivity contribution in [2.45, 2.75) is 18.9 Å². The first-order chi connectivity index (χ1) is 8.29. The number of carbonyl (C=O) groups excluding carboxylic acids is 4. The number of nitrogens with zero attached hydrogens (tertiary/aromatic N) is 2. The van der Waals surface area contributed by atoms with Gasteiger partial charge >= 0.3 is 6.09 Å². The third-order valence-electron chi connectivity index (χ3n) is 3.07. The highest BCUT2D eigenvalue weighted by molar-refractivity contribution is 6.18. The minimum absolute atomic E-state index is 0.100. The number of rotatable bonds is 1. The molecule has 1 spiro atoms. The predicted octanol–water partition coefficient (Wildman–Crippen LogP) is -0.331. The maximum absolute atomic E-state index is 12.1. The molecule has 2 heterocycles. The van der Waals surface area contributed by atoms with Crippen LogP contribution >= 0.6 is 0 Å². The molecule has 18 heavy (non-hydrogen) atoms. The lowest BCUT2D eigenvalue weighted by Gasteiger charge is -2.15. The van der Waals surface area contributed by atoms with Gasteiger partial charge in [0, 0.05) is 32.3 Å². The summed E-state index contributed by atoms with van der Waals surface area (Å²) < 4.78 is 4.92. The molecule has 0 bridgehead atoms. The van der Waals surface area contributed by atoms with Crippen LogP contribution in [0.1, 0.15) is 13.3 Å². The van der Waals surface area contributed by atoms with Crippen molar-refractivity contribution in [3.8, 4) is 0 Å². The van der Waals surface area contributed by atoms with E-state index < -0.39 is 23.5 Å². The fraction of sp³-hybridized carbons (Fsp3) is 0.455. The average Bonchev–Trinajstić information content (AvgIpc) is 2.64. The molecule has 0 radical (unpaired) electrons. The highest BCUT2D eigenvalue weighted by Crippen LogP contribution is 2.38. The fourth-order valence-corrected chi connectivity index (χ4v) is 2.09. The molecule has 2 saturated heterocycles. The van der Waals surface area contributed by atoms with Gasteiger partial charge in [-0.2, -0.15) is 0 Å². The molecule has 0 aromatic carbocycles. The van der Waals surface area contributed by atoms with Gasteiger partial charge in [-0.1, -0.05) is 0 Å². The van der Waals surface area contributed by atoms with Gasteiger partial charge in [-0.15, -0.1) is 0 Å². The van der Waals surface area contributed by atoms with E-state index in [4.69, 9.17) is 4.74 Å². The summed E-state index contributed by atoms with van der Waals surface area (Å²) in [4.78, 5) is 48.4. The van der Waals surface area contributed by atoms with E-state index in [1.165, 1.54) is 32.0 Å². The van der Waals surface area contributed by atoms with Crippen molar-refractivity contribution in [3.63, 3.8) is 0 Å². The Bertz CT molecular complexity index is 510. The number of hydrogen-bond donors (Lipinski definition) is 0. The molecule has 0 aromatic heterocycles. The Labute approximate surface area is 103 Å². The Morgan fingerprint density at radius 1 is 1.22 bits per heavy atom. The van der Waals surface area contributed by atoms with Crippen molar-refractivity contribution in [3.05, 3.63) is 11.8 Å². The number of likely N-dealkylation sites (tertiary alicyclic amines) is 1. The Morgan fingerprint density at radius 3 is 2.22 bits per heavy atom. The normalized spacial score (nSPS) is 29.7. The van der Waals surface area contributed by atoms with Crippen LogP contribution in [0.3, 0.4) is 0 Å². The van der Waals surface area contributed by atoms with E-state index in [9.17, 15) is 19.2 Å². The van der Waals surface area contributed by atoms with Gasteiger partial charge in [-0.25, -0.2) is 9.69 Å². The van der Waals surface area contributed by atoms with E-state index >= 15 is 0 Å². The van der Waals surface area contributed by atoms with E-state index in [2.05, 4.69) is 0 Å². The standard InChI is InChI=1S/C11H12N2O5/c1-6(14)4-7-5-11(8(15)12(7)2)9(16)13(3)10(17)18-11/h4H,5H2,1-3H3/b7-4+/t11-/m1/s1. The van der Waals surface area contributed by atoms with Gasteiger partial charge in [-0.3, -0.25) is 14.4 Å². The molecule has 2 aliphatic heterocycles. The highest BCUT2D eigenvalue weighted by atomic mass is 16.6. The molecule has 0 N–H and O–H groups in total. The molecule has 96 valence electrons. The summed E-state index contributed by atoms with van der Waals surface area (Å²) in [5.74, 6) is -1.57. The van der Waals surface area contributed by atoms with E-state index in [0.29, 0.717) is 5.70 Å². The van der Waals surface area contributed by atoms with Gasteiger partial charge in [0.05, 0.1) is 0 Å². The van der Waals surface area contributed by atoms with Gasteiger partial charge in [0.2, 0.25) is 0 Å². The number of ether oxygens (including phenoxy) is 1. The van der Waals surface area contributed by atoms with Crippen LogP contribution in [0, 0.1) is 0 Å². The van der Waals surface area contributed by atoms with Crippen LogP contribution in [0.5, 0.6) is 0 Å². The zero-order chi connectivity index (χ0) is 13.7. The largest absolute Gasteiger partial charge is 0.422 e. The van der Waals surface area contributed by atoms with Crippen molar-refractivity contribution in [1.82, 2.24) is 9.80 Å². The monoisotopic (exact) mass is 252 g/mol. The zero-order valence-corrected chi connectivity index (χ0v) is 10.2. The number of amides is 3. The van der Waals surface area contributed by atoms with E-state index in [-0.39, 0.29) is 12.2 Å². The summed E-state index contributed by atoms with van der Waals surface area (Å²) in [7, 11) is 2.69. The molecular weight excluding hydrogens is 240 g/mol. The molecule has 0 unspecified atom stereocenters. The fourth-order valence-electron chi connectivity index (χ4n) is 2.09. The van der Waals surface area contributed by atoms with E-state index in [0.717, 1.165) is 4.90 Å². The van der Waals surface area contributed by atoms with E-state index in [1.54, 1.807) is 0 Å². The first-order valence-corrected chi connectivity index (χ1v) is 5.30. The quantitative estimate of drug-likeness (QED) is 0.471. The third-order valence-corrected chi connectivity index (χ3v) is 3.07. The smallest absolute Gasteiger partial charge is 0.417 e. The van der Waals surface area contributed by atoms with Gasteiger partial charge in [0.25, 0.3) is 17.4 Å². The molecule has 1 atom stereocenters. The molecule has 2 fully saturated rings. The third kappa shape index (κ3) is 1.43. The van der Waals surface area contributed by atoms with Crippen LogP contribution in [0.25, 0.3) is 0 Å². The Morgan fingerprint density at radius 2 is 1.78 bits per heavy atom. The number of allylic oxidation sites excluding steroid dienone is 1. The maximum Gasteiger partial charge on any atom is 0.417 e. The number of carbonyl (C=O) groups is 4. The molecule has 3 amide bonds. The van der Waals surface area contributed by atoms with Crippen molar-refractivity contribution < 1.29 is 23.9 Å². The average molecular weight is 252 g/mol. The SMILES string of the molecule is CC(=O)/C=C1\C[C@@]2(OC(=O)N(C)C2=O)C(=O)N1C. The summed E-state index contributed by atoms with van der Waals surface area (Å²) in [5.41, 5.74) is -1.45. The second-order valence-corrected chi connectivity index (χ2v) is 4.35. The molecule has 0 aromatic rings. The predicted molar refractivity (Wildman–Crippen MR) is 58.1 cm³/mol. The summed E-state index contributed by atoms with van der Waals surface area (Å²) >= 11 is 0. The summed E-state index contributed by atoms with van der Waals surface area (Å²) in [5, 5.41) is 0. The van der Waals surface area contributed by atoms with Crippen LogP contribution in [-0.2, 0) is 19.1 Å². The minimum atomic E-state index is -1.82. The molecule has 0 saturated carbocycles. The topological polar surface area (TPSA) is 84.0 Å². The summed E-state index contributed by atoms with van der Waals surface area (Å²) in [6.45, 7) is 1.34. The van der Waals surface area contributed by atoms with Gasteiger partial charge in [-0.05, 0) is 6.92 Å². The number of imide groups is 1. The zero-order valence-electron chi connectivity index (χ0n) is 10.2. The molecule has 0 aliphatic carbocycles. The molecule has 2 aliphatic rings. The number of ketones is 1. The van der Waals surface area contributed by atoms with Crippen LogP contribution in [0.15, 0.2) is 11.8 Å². The Hall–Kier alpha value is -2.18. The second-order valence-electron chi connectivity index (χ2n) is 4.35. The number of hydrogen-bond acceptors (Lipinski definition) is 5. The van der Waals surface area contributed by atoms with Crippen LogP contribution in [0.2, 0.25) is 0 Å². The summed E-state index contributed by atoms with van der Waals surface area (Å²) in [6, 6.07) is 0. The molecular formula is C11H12N2O5. The molecule has 7 heteroatoms. The van der Waals surface area contributed by atoms with E-state index in [1.807, 2.05) is 0 Å². The lowest BCUT2D eigenvalue weighted by molar-refractivity contribution is -0.149. The second kappa shape index (κ2) is 3.66. The van der Waals surface area contributed by atoms with Gasteiger partial charge in [0.1, 0.15) is 0 Å². The highest BCUT2D eigenvalue weighted by Gasteiger charge is 2.63. The van der Waals surface area contributed by atoms with Crippen LogP contribution in [0.4, 0.5) is 4.79 Å². The van der Waals surface area contributed by atoms with Gasteiger partial charge in [0.15, 0.2) is 5.78 Å². The van der Waals surface area contributed by atoms with Crippen molar-refractivity contribution in [2.24, 2.45) is 0 Å². The van der Waals surface area contributed by atoms with Crippen molar-refractivity contribution in [1.29, 1.82) is 0 Å². The first kappa shape index (κ1) is 12.3. The van der Waals surface area contributed by atoms with Crippen molar-refractivity contribution >= 4 is 23.7 Å². The number of likely N-dealkylation sites (N-methyl/N-ethyl adjacent to an activating group) is 2. The molecule has 7 nitrogen and oxygen atoms in total. The molecule has 2 rings (SSSR count). The van der Waals surface area contributed by atoms with Gasteiger partial charge < -0.3 is 9.64 Å². The van der Waals surface area contributed by atoms with Crippen LogP contribution < -0.4 is 0 Å². The Kier molecular flexibility index (Phi) is 2.50. The minimum Gasteiger partial charge on any atom is -0.422 e. The van der Waals surface area contributed by atoms with Crippen LogP contribution in [-0.4, -0.2) is 53.2 Å². The maximum atomic E-state index is 12.1. The Balaban J connectivity index is 2.44.